The van der Waals surface area contributed by atoms with E-state index >= 15 is 0 Å². The van der Waals surface area contributed by atoms with Gasteiger partial charge in [-0.2, -0.15) is 0 Å². The Hall–Kier alpha value is -2.72. The van der Waals surface area contributed by atoms with Crippen LogP contribution in [0.5, 0.6) is 5.75 Å². The standard InChI is InChI=1S/C20H22FN3O5S/c1-13-7-16(9-19(25)24(13)15-5-6-15)29-17-11-23(12-17)20(26)10-22-30(27,28)18-4-2-3-14(21)8-18/h2-4,7-9,15,17,22H,5-6,10-12H2,1H3. The fourth-order valence-corrected chi connectivity index (χ4v) is 4.45. The number of likely N-dealkylation sites (tertiary alicyclic amines) is 1. The maximum Gasteiger partial charge on any atom is 0.254 e. The second-order valence-electron chi connectivity index (χ2n) is 7.59. The Morgan fingerprint density at radius 3 is 2.60 bits per heavy atom. The van der Waals surface area contributed by atoms with Gasteiger partial charge in [0.2, 0.25) is 15.9 Å². The van der Waals surface area contributed by atoms with Crippen LogP contribution in [-0.2, 0) is 14.8 Å². The molecule has 0 unspecified atom stereocenters. The van der Waals surface area contributed by atoms with Gasteiger partial charge in [-0.1, -0.05) is 6.07 Å². The number of benzene rings is 1. The predicted octanol–water partition coefficient (Wildman–Crippen LogP) is 1.20. The SMILES string of the molecule is Cc1cc(OC2CN(C(=O)CNS(=O)(=O)c3cccc(F)c3)C2)cc(=O)n1C1CC1. The number of aryl methyl sites for hydroxylation is 1. The Morgan fingerprint density at radius 2 is 1.97 bits per heavy atom. The Balaban J connectivity index is 1.28. The summed E-state index contributed by atoms with van der Waals surface area (Å²) < 4.78 is 47.3. The van der Waals surface area contributed by atoms with Crippen molar-refractivity contribution in [3.63, 3.8) is 0 Å². The van der Waals surface area contributed by atoms with Gasteiger partial charge in [-0.15, -0.1) is 0 Å². The van der Waals surface area contributed by atoms with Crippen molar-refractivity contribution in [2.24, 2.45) is 0 Å². The van der Waals surface area contributed by atoms with E-state index in [1.54, 1.807) is 4.57 Å². The van der Waals surface area contributed by atoms with E-state index in [2.05, 4.69) is 4.72 Å². The van der Waals surface area contributed by atoms with Crippen LogP contribution in [0.15, 0.2) is 46.1 Å². The molecule has 2 aliphatic rings. The lowest BCUT2D eigenvalue weighted by Crippen LogP contribution is -2.58. The first-order valence-corrected chi connectivity index (χ1v) is 11.1. The first-order chi connectivity index (χ1) is 14.2. The van der Waals surface area contributed by atoms with Crippen LogP contribution in [0.2, 0.25) is 0 Å². The fraction of sp³-hybridized carbons (Fsp3) is 0.400. The summed E-state index contributed by atoms with van der Waals surface area (Å²) in [5.41, 5.74) is 0.755. The fourth-order valence-electron chi connectivity index (χ4n) is 3.45. The van der Waals surface area contributed by atoms with Crippen molar-refractivity contribution in [1.82, 2.24) is 14.2 Å². The highest BCUT2D eigenvalue weighted by Crippen LogP contribution is 2.35. The van der Waals surface area contributed by atoms with Crippen LogP contribution in [0.25, 0.3) is 0 Å². The quantitative estimate of drug-likeness (QED) is 0.705. The van der Waals surface area contributed by atoms with Crippen LogP contribution < -0.4 is 15.0 Å². The number of aromatic nitrogens is 1. The second kappa shape index (κ2) is 7.84. The molecule has 0 radical (unpaired) electrons. The average Bonchev–Trinajstić information content (AvgIpc) is 3.47. The lowest BCUT2D eigenvalue weighted by atomic mass is 10.1. The normalized spacial score (nSPS) is 16.9. The Kier molecular flexibility index (Phi) is 5.37. The molecule has 0 spiro atoms. The number of rotatable bonds is 7. The van der Waals surface area contributed by atoms with E-state index in [0.29, 0.717) is 24.9 Å². The van der Waals surface area contributed by atoms with Crippen molar-refractivity contribution < 1.29 is 22.3 Å². The number of hydrogen-bond acceptors (Lipinski definition) is 5. The van der Waals surface area contributed by atoms with E-state index in [1.807, 2.05) is 13.0 Å². The van der Waals surface area contributed by atoms with Crippen LogP contribution in [-0.4, -0.2) is 49.5 Å². The smallest absolute Gasteiger partial charge is 0.254 e. The maximum absolute atomic E-state index is 13.2. The number of carbonyl (C=O) groups is 1. The van der Waals surface area contributed by atoms with Gasteiger partial charge < -0.3 is 14.2 Å². The van der Waals surface area contributed by atoms with Gasteiger partial charge in [0.25, 0.3) is 5.56 Å². The lowest BCUT2D eigenvalue weighted by molar-refractivity contribution is -0.138. The predicted molar refractivity (Wildman–Crippen MR) is 106 cm³/mol. The number of amides is 1. The van der Waals surface area contributed by atoms with Gasteiger partial charge in [-0.3, -0.25) is 9.59 Å². The zero-order valence-electron chi connectivity index (χ0n) is 16.4. The molecule has 1 amide bonds. The second-order valence-corrected chi connectivity index (χ2v) is 9.36. The largest absolute Gasteiger partial charge is 0.486 e. The molecule has 0 bridgehead atoms. The Labute approximate surface area is 173 Å². The number of ether oxygens (including phenoxy) is 1. The van der Waals surface area contributed by atoms with E-state index in [-0.39, 0.29) is 16.6 Å². The van der Waals surface area contributed by atoms with Crippen molar-refractivity contribution in [2.75, 3.05) is 19.6 Å². The third-order valence-electron chi connectivity index (χ3n) is 5.17. The minimum Gasteiger partial charge on any atom is -0.486 e. The summed E-state index contributed by atoms with van der Waals surface area (Å²) in [5, 5.41) is 0. The molecule has 1 N–H and O–H groups in total. The van der Waals surface area contributed by atoms with E-state index in [9.17, 15) is 22.4 Å². The van der Waals surface area contributed by atoms with Crippen molar-refractivity contribution in [3.8, 4) is 5.75 Å². The highest BCUT2D eigenvalue weighted by atomic mass is 32.2. The third kappa shape index (κ3) is 4.39. The van der Waals surface area contributed by atoms with Crippen LogP contribution >= 0.6 is 0 Å². The molecule has 10 heteroatoms. The summed E-state index contributed by atoms with van der Waals surface area (Å²) in [6.45, 7) is 2.03. The number of hydrogen-bond donors (Lipinski definition) is 1. The Bertz CT molecular complexity index is 1140. The topological polar surface area (TPSA) is 97.7 Å². The van der Waals surface area contributed by atoms with Crippen LogP contribution in [0, 0.1) is 12.7 Å². The molecule has 1 saturated carbocycles. The van der Waals surface area contributed by atoms with Crippen molar-refractivity contribution >= 4 is 15.9 Å². The van der Waals surface area contributed by atoms with Gasteiger partial charge in [-0.25, -0.2) is 17.5 Å². The maximum atomic E-state index is 13.2. The third-order valence-corrected chi connectivity index (χ3v) is 6.57. The average molecular weight is 435 g/mol. The van der Waals surface area contributed by atoms with Gasteiger partial charge in [0.15, 0.2) is 0 Å². The molecule has 1 aromatic carbocycles. The lowest BCUT2D eigenvalue weighted by Gasteiger charge is -2.39. The molecule has 1 aliphatic carbocycles. The molecule has 4 rings (SSSR count). The van der Waals surface area contributed by atoms with Crippen LogP contribution in [0.4, 0.5) is 4.39 Å². The molecule has 1 aliphatic heterocycles. The summed E-state index contributed by atoms with van der Waals surface area (Å²) in [4.78, 5) is 25.7. The zero-order chi connectivity index (χ0) is 21.5. The van der Waals surface area contributed by atoms with E-state index in [0.717, 1.165) is 30.7 Å². The van der Waals surface area contributed by atoms with Crippen molar-refractivity contribution in [1.29, 1.82) is 0 Å². The van der Waals surface area contributed by atoms with Crippen LogP contribution in [0.3, 0.4) is 0 Å². The number of halogens is 1. The van der Waals surface area contributed by atoms with Crippen molar-refractivity contribution in [2.45, 2.75) is 36.8 Å². The Morgan fingerprint density at radius 1 is 1.23 bits per heavy atom. The van der Waals surface area contributed by atoms with Gasteiger partial charge >= 0.3 is 0 Å². The summed E-state index contributed by atoms with van der Waals surface area (Å²) >= 11 is 0. The van der Waals surface area contributed by atoms with Gasteiger partial charge in [0.05, 0.1) is 24.5 Å². The zero-order valence-corrected chi connectivity index (χ0v) is 17.2. The molecule has 8 nitrogen and oxygen atoms in total. The molecule has 2 aromatic rings. The molecule has 160 valence electrons. The number of carbonyl (C=O) groups excluding carboxylic acids is 1. The summed E-state index contributed by atoms with van der Waals surface area (Å²) in [7, 11) is -3.98. The molecule has 30 heavy (non-hydrogen) atoms. The molecule has 1 aromatic heterocycles. The van der Waals surface area contributed by atoms with E-state index < -0.39 is 28.3 Å². The van der Waals surface area contributed by atoms with Crippen molar-refractivity contribution in [3.05, 3.63) is 58.3 Å². The number of nitrogens with one attached hydrogen (secondary N) is 1. The molecular formula is C20H22FN3O5S. The summed E-state index contributed by atoms with van der Waals surface area (Å²) in [5.74, 6) is -0.611. The molecule has 0 atom stereocenters. The number of sulfonamides is 1. The monoisotopic (exact) mass is 435 g/mol. The van der Waals surface area contributed by atoms with Gasteiger partial charge in [0.1, 0.15) is 17.7 Å². The van der Waals surface area contributed by atoms with Gasteiger partial charge in [-0.05, 0) is 44.0 Å². The molecule has 1 saturated heterocycles. The van der Waals surface area contributed by atoms with Crippen LogP contribution in [0.1, 0.15) is 24.6 Å². The minimum atomic E-state index is -3.98. The van der Waals surface area contributed by atoms with Gasteiger partial charge in [0, 0.05) is 17.8 Å². The van der Waals surface area contributed by atoms with E-state index in [4.69, 9.17) is 4.74 Å². The highest BCUT2D eigenvalue weighted by molar-refractivity contribution is 7.89. The highest BCUT2D eigenvalue weighted by Gasteiger charge is 2.33. The summed E-state index contributed by atoms with van der Waals surface area (Å²) in [6.07, 6.45) is 1.78. The summed E-state index contributed by atoms with van der Waals surface area (Å²) in [6, 6.07) is 8.13. The number of pyridine rings is 1. The molecular weight excluding hydrogens is 413 g/mol. The first kappa shape index (κ1) is 20.5. The first-order valence-electron chi connectivity index (χ1n) is 9.66. The minimum absolute atomic E-state index is 0.0912. The molecule has 2 fully saturated rings. The number of nitrogens with zero attached hydrogens (tertiary/aromatic N) is 2. The molecule has 2 heterocycles. The van der Waals surface area contributed by atoms with E-state index in [1.165, 1.54) is 23.1 Å².